The quantitative estimate of drug-likeness (QED) is 0.730. The molecule has 1 unspecified atom stereocenters. The van der Waals surface area contributed by atoms with Crippen LogP contribution in [0, 0.1) is 5.92 Å². The summed E-state index contributed by atoms with van der Waals surface area (Å²) in [6, 6.07) is 4.70. The maximum absolute atomic E-state index is 12.4. The second-order valence-electron chi connectivity index (χ2n) is 5.25. The van der Waals surface area contributed by atoms with E-state index in [4.69, 9.17) is 4.74 Å². The summed E-state index contributed by atoms with van der Waals surface area (Å²) in [7, 11) is 3.50. The minimum absolute atomic E-state index is 0. The molecule has 1 N–H and O–H groups in total. The Hall–Kier alpha value is -1.60. The van der Waals surface area contributed by atoms with Gasteiger partial charge in [-0.1, -0.05) is 13.0 Å². The lowest BCUT2D eigenvalue weighted by Crippen LogP contribution is -2.35. The normalized spacial score (nSPS) is 11.6. The first-order chi connectivity index (χ1) is 10.9. The molecule has 0 saturated heterocycles. The third-order valence-electron chi connectivity index (χ3n) is 3.25. The lowest BCUT2D eigenvalue weighted by atomic mass is 10.1. The molecule has 0 bridgehead atoms. The standard InChI is InChI=1S/C16H24F2N2O3.ClH/c1-5-22-14-8-12(6-7-13(14)23-16(17)18)10-20(4)15(21)11(2)9-19-3;/h6-8,11,16,19H,5,9-10H2,1-4H3;1H. The Balaban J connectivity index is 0.00000529. The molecule has 0 aromatic heterocycles. The minimum Gasteiger partial charge on any atom is -0.490 e. The largest absolute Gasteiger partial charge is 0.490 e. The van der Waals surface area contributed by atoms with E-state index < -0.39 is 6.61 Å². The first kappa shape index (κ1) is 22.4. The highest BCUT2D eigenvalue weighted by atomic mass is 35.5. The molecule has 5 nitrogen and oxygen atoms in total. The van der Waals surface area contributed by atoms with Crippen molar-refractivity contribution in [3.05, 3.63) is 23.8 Å². The van der Waals surface area contributed by atoms with Crippen molar-refractivity contribution in [2.45, 2.75) is 27.0 Å². The van der Waals surface area contributed by atoms with Crippen LogP contribution in [0.25, 0.3) is 0 Å². The molecule has 8 heteroatoms. The van der Waals surface area contributed by atoms with Crippen LogP contribution in [0.4, 0.5) is 8.78 Å². The smallest absolute Gasteiger partial charge is 0.387 e. The van der Waals surface area contributed by atoms with Crippen molar-refractivity contribution in [3.63, 3.8) is 0 Å². The SMILES string of the molecule is CCOc1cc(CN(C)C(=O)C(C)CNC)ccc1OC(F)F.Cl. The molecule has 0 aliphatic heterocycles. The van der Waals surface area contributed by atoms with Crippen LogP contribution in [0.1, 0.15) is 19.4 Å². The number of nitrogens with one attached hydrogen (secondary N) is 1. The number of rotatable bonds is 9. The van der Waals surface area contributed by atoms with Gasteiger partial charge >= 0.3 is 6.61 Å². The predicted molar refractivity (Wildman–Crippen MR) is 91.1 cm³/mol. The summed E-state index contributed by atoms with van der Waals surface area (Å²) in [5, 5.41) is 2.96. The molecular formula is C16H25ClF2N2O3. The van der Waals surface area contributed by atoms with Crippen LogP contribution in [0.5, 0.6) is 11.5 Å². The second kappa shape index (κ2) is 11.0. The van der Waals surface area contributed by atoms with Gasteiger partial charge in [-0.25, -0.2) is 0 Å². The Morgan fingerprint density at radius 2 is 2.00 bits per heavy atom. The fourth-order valence-corrected chi connectivity index (χ4v) is 2.23. The van der Waals surface area contributed by atoms with E-state index in [-0.39, 0.29) is 35.7 Å². The number of carbonyl (C=O) groups is 1. The van der Waals surface area contributed by atoms with Gasteiger partial charge in [0.25, 0.3) is 0 Å². The summed E-state index contributed by atoms with van der Waals surface area (Å²) in [5.41, 5.74) is 0.780. The van der Waals surface area contributed by atoms with E-state index in [0.29, 0.717) is 19.7 Å². The first-order valence-corrected chi connectivity index (χ1v) is 7.49. The van der Waals surface area contributed by atoms with Crippen LogP contribution in [0.2, 0.25) is 0 Å². The molecule has 1 rings (SSSR count). The van der Waals surface area contributed by atoms with Gasteiger partial charge in [0, 0.05) is 26.1 Å². The van der Waals surface area contributed by atoms with E-state index in [1.54, 1.807) is 38.1 Å². The third-order valence-corrected chi connectivity index (χ3v) is 3.25. The summed E-state index contributed by atoms with van der Waals surface area (Å²) < 4.78 is 34.5. The van der Waals surface area contributed by atoms with E-state index in [1.807, 2.05) is 6.92 Å². The molecule has 0 aliphatic rings. The Kier molecular flexibility index (Phi) is 10.3. The zero-order valence-electron chi connectivity index (χ0n) is 14.3. The van der Waals surface area contributed by atoms with Crippen molar-refractivity contribution in [1.29, 1.82) is 0 Å². The summed E-state index contributed by atoms with van der Waals surface area (Å²) >= 11 is 0. The molecule has 0 aliphatic carbocycles. The van der Waals surface area contributed by atoms with Gasteiger partial charge in [0.15, 0.2) is 11.5 Å². The lowest BCUT2D eigenvalue weighted by Gasteiger charge is -2.22. The van der Waals surface area contributed by atoms with Gasteiger partial charge in [0.05, 0.1) is 6.61 Å². The molecule has 138 valence electrons. The van der Waals surface area contributed by atoms with E-state index in [2.05, 4.69) is 10.1 Å². The van der Waals surface area contributed by atoms with Crippen LogP contribution in [0.3, 0.4) is 0 Å². The number of hydrogen-bond donors (Lipinski definition) is 1. The number of carbonyl (C=O) groups excluding carboxylic acids is 1. The number of nitrogens with zero attached hydrogens (tertiary/aromatic N) is 1. The molecule has 0 spiro atoms. The highest BCUT2D eigenvalue weighted by Crippen LogP contribution is 2.30. The average molecular weight is 367 g/mol. The van der Waals surface area contributed by atoms with Gasteiger partial charge in [0.2, 0.25) is 5.91 Å². The summed E-state index contributed by atoms with van der Waals surface area (Å²) in [6.07, 6.45) is 0. The van der Waals surface area contributed by atoms with Gasteiger partial charge < -0.3 is 19.7 Å². The number of benzene rings is 1. The Bertz CT molecular complexity index is 518. The molecule has 0 radical (unpaired) electrons. The van der Waals surface area contributed by atoms with E-state index in [0.717, 1.165) is 5.56 Å². The number of ether oxygens (including phenoxy) is 2. The molecule has 1 aromatic rings. The fourth-order valence-electron chi connectivity index (χ4n) is 2.23. The van der Waals surface area contributed by atoms with Crippen LogP contribution in [0.15, 0.2) is 18.2 Å². The summed E-state index contributed by atoms with van der Waals surface area (Å²) in [5.74, 6) is 0.0978. The Morgan fingerprint density at radius 1 is 1.33 bits per heavy atom. The lowest BCUT2D eigenvalue weighted by molar-refractivity contribution is -0.134. The zero-order chi connectivity index (χ0) is 17.4. The molecule has 0 saturated carbocycles. The predicted octanol–water partition coefficient (Wildman–Crippen LogP) is 2.92. The average Bonchev–Trinajstić information content (AvgIpc) is 2.49. The second-order valence-corrected chi connectivity index (χ2v) is 5.25. The zero-order valence-corrected chi connectivity index (χ0v) is 15.2. The molecular weight excluding hydrogens is 342 g/mol. The van der Waals surface area contributed by atoms with Gasteiger partial charge in [-0.3, -0.25) is 4.79 Å². The van der Waals surface area contributed by atoms with Gasteiger partial charge in [-0.05, 0) is 31.7 Å². The highest BCUT2D eigenvalue weighted by Gasteiger charge is 2.18. The van der Waals surface area contributed by atoms with Crippen molar-refractivity contribution >= 4 is 18.3 Å². The topological polar surface area (TPSA) is 50.8 Å². The van der Waals surface area contributed by atoms with Crippen molar-refractivity contribution in [2.75, 3.05) is 27.2 Å². The molecule has 1 amide bonds. The number of halogens is 3. The summed E-state index contributed by atoms with van der Waals surface area (Å²) in [6.45, 7) is 1.98. The van der Waals surface area contributed by atoms with Crippen molar-refractivity contribution in [2.24, 2.45) is 5.92 Å². The van der Waals surface area contributed by atoms with Crippen molar-refractivity contribution in [1.82, 2.24) is 10.2 Å². The number of alkyl halides is 2. The van der Waals surface area contributed by atoms with Crippen LogP contribution in [-0.2, 0) is 11.3 Å². The highest BCUT2D eigenvalue weighted by molar-refractivity contribution is 5.85. The van der Waals surface area contributed by atoms with E-state index >= 15 is 0 Å². The molecule has 0 heterocycles. The summed E-state index contributed by atoms with van der Waals surface area (Å²) in [4.78, 5) is 13.8. The monoisotopic (exact) mass is 366 g/mol. The third kappa shape index (κ3) is 6.88. The number of amides is 1. The van der Waals surface area contributed by atoms with Crippen LogP contribution >= 0.6 is 12.4 Å². The van der Waals surface area contributed by atoms with E-state index in [1.165, 1.54) is 6.07 Å². The molecule has 1 atom stereocenters. The van der Waals surface area contributed by atoms with Crippen LogP contribution in [-0.4, -0.2) is 44.7 Å². The maximum Gasteiger partial charge on any atom is 0.387 e. The van der Waals surface area contributed by atoms with Crippen molar-refractivity contribution in [3.8, 4) is 11.5 Å². The minimum atomic E-state index is -2.91. The molecule has 0 fully saturated rings. The first-order valence-electron chi connectivity index (χ1n) is 7.49. The Morgan fingerprint density at radius 3 is 2.54 bits per heavy atom. The number of hydrogen-bond acceptors (Lipinski definition) is 4. The van der Waals surface area contributed by atoms with Gasteiger partial charge in [-0.2, -0.15) is 8.78 Å². The molecule has 24 heavy (non-hydrogen) atoms. The van der Waals surface area contributed by atoms with Gasteiger partial charge in [0.1, 0.15) is 0 Å². The molecule has 1 aromatic carbocycles. The van der Waals surface area contributed by atoms with Crippen molar-refractivity contribution < 1.29 is 23.0 Å². The van der Waals surface area contributed by atoms with Crippen LogP contribution < -0.4 is 14.8 Å². The fraction of sp³-hybridized carbons (Fsp3) is 0.562. The van der Waals surface area contributed by atoms with Gasteiger partial charge in [-0.15, -0.1) is 12.4 Å². The van der Waals surface area contributed by atoms with E-state index in [9.17, 15) is 13.6 Å². The maximum atomic E-state index is 12.4. The Labute approximate surface area is 147 Å².